The smallest absolute Gasteiger partial charge is 0.207 e. The molecule has 0 unspecified atom stereocenters. The van der Waals surface area contributed by atoms with Crippen molar-refractivity contribution in [2.24, 2.45) is 0 Å². The fourth-order valence-corrected chi connectivity index (χ4v) is 2.31. The van der Waals surface area contributed by atoms with Crippen molar-refractivity contribution in [1.29, 1.82) is 0 Å². The van der Waals surface area contributed by atoms with E-state index < -0.39 is 15.8 Å². The summed E-state index contributed by atoms with van der Waals surface area (Å²) in [5.74, 6) is -0.484. The van der Waals surface area contributed by atoms with Crippen LogP contribution in [-0.2, 0) is 10.0 Å². The standard InChI is InChI=1S/C8H9BrFNO2S/c1-11(2)14(12,13)6-3-4-8(10)7(9)5-6/h3-5H,1-2H3. The second-order valence-corrected chi connectivity index (χ2v) is 5.87. The van der Waals surface area contributed by atoms with Crippen LogP contribution in [-0.4, -0.2) is 26.8 Å². The van der Waals surface area contributed by atoms with Crippen molar-refractivity contribution in [3.63, 3.8) is 0 Å². The van der Waals surface area contributed by atoms with Crippen LogP contribution in [0.1, 0.15) is 0 Å². The van der Waals surface area contributed by atoms with Crippen LogP contribution in [0.25, 0.3) is 0 Å². The molecule has 0 N–H and O–H groups in total. The Morgan fingerprint density at radius 2 is 1.93 bits per heavy atom. The molecule has 0 aliphatic carbocycles. The minimum absolute atomic E-state index is 0.0655. The minimum atomic E-state index is -3.48. The van der Waals surface area contributed by atoms with Crippen molar-refractivity contribution >= 4 is 26.0 Å². The van der Waals surface area contributed by atoms with Crippen molar-refractivity contribution in [1.82, 2.24) is 4.31 Å². The van der Waals surface area contributed by atoms with Crippen LogP contribution in [0.15, 0.2) is 27.6 Å². The first kappa shape index (κ1) is 11.6. The maximum Gasteiger partial charge on any atom is 0.242 e. The monoisotopic (exact) mass is 281 g/mol. The number of benzene rings is 1. The molecule has 0 saturated heterocycles. The summed E-state index contributed by atoms with van der Waals surface area (Å²) in [5, 5.41) is 0. The van der Waals surface area contributed by atoms with Gasteiger partial charge in [-0.1, -0.05) is 0 Å². The normalized spacial score (nSPS) is 12.1. The summed E-state index contributed by atoms with van der Waals surface area (Å²) in [7, 11) is -0.633. The molecule has 0 heterocycles. The lowest BCUT2D eigenvalue weighted by Gasteiger charge is -2.11. The van der Waals surface area contributed by atoms with Gasteiger partial charge in [-0.3, -0.25) is 0 Å². The summed E-state index contributed by atoms with van der Waals surface area (Å²) < 4.78 is 37.2. The molecule has 1 rings (SSSR count). The van der Waals surface area contributed by atoms with Crippen LogP contribution >= 0.6 is 15.9 Å². The molecule has 0 spiro atoms. The largest absolute Gasteiger partial charge is 0.242 e. The molecule has 6 heteroatoms. The Morgan fingerprint density at radius 3 is 2.36 bits per heavy atom. The fraction of sp³-hybridized carbons (Fsp3) is 0.250. The van der Waals surface area contributed by atoms with Crippen molar-refractivity contribution < 1.29 is 12.8 Å². The van der Waals surface area contributed by atoms with Crippen molar-refractivity contribution in [3.05, 3.63) is 28.5 Å². The molecule has 0 aliphatic rings. The number of hydrogen-bond donors (Lipinski definition) is 0. The molecule has 0 aliphatic heterocycles. The van der Waals surface area contributed by atoms with Gasteiger partial charge in [-0.2, -0.15) is 0 Å². The van der Waals surface area contributed by atoms with Gasteiger partial charge in [0.2, 0.25) is 10.0 Å². The summed E-state index contributed by atoms with van der Waals surface area (Å²) in [4.78, 5) is 0.0655. The van der Waals surface area contributed by atoms with Gasteiger partial charge >= 0.3 is 0 Å². The van der Waals surface area contributed by atoms with Crippen molar-refractivity contribution in [2.75, 3.05) is 14.1 Å². The Kier molecular flexibility index (Phi) is 3.28. The van der Waals surface area contributed by atoms with E-state index in [2.05, 4.69) is 15.9 Å². The van der Waals surface area contributed by atoms with Crippen LogP contribution in [0.4, 0.5) is 4.39 Å². The highest BCUT2D eigenvalue weighted by molar-refractivity contribution is 9.10. The van der Waals surface area contributed by atoms with Gasteiger partial charge in [-0.05, 0) is 34.1 Å². The van der Waals surface area contributed by atoms with Crippen LogP contribution < -0.4 is 0 Å². The average Bonchev–Trinajstić information content (AvgIpc) is 2.09. The van der Waals surface area contributed by atoms with Gasteiger partial charge in [0.1, 0.15) is 5.82 Å². The van der Waals surface area contributed by atoms with E-state index >= 15 is 0 Å². The maximum absolute atomic E-state index is 12.8. The van der Waals surface area contributed by atoms with Crippen LogP contribution in [0.5, 0.6) is 0 Å². The SMILES string of the molecule is CN(C)S(=O)(=O)c1ccc(F)c(Br)c1. The molecular formula is C8H9BrFNO2S. The van der Waals surface area contributed by atoms with Crippen LogP contribution in [0, 0.1) is 5.82 Å². The van der Waals surface area contributed by atoms with Crippen molar-refractivity contribution in [3.8, 4) is 0 Å². The Bertz CT molecular complexity index is 445. The van der Waals surface area contributed by atoms with Crippen molar-refractivity contribution in [2.45, 2.75) is 4.90 Å². The van der Waals surface area contributed by atoms with Gasteiger partial charge in [-0.15, -0.1) is 0 Å². The molecule has 1 aromatic rings. The second-order valence-electron chi connectivity index (χ2n) is 2.86. The molecule has 3 nitrogen and oxygen atoms in total. The van der Waals surface area contributed by atoms with E-state index in [-0.39, 0.29) is 9.37 Å². The van der Waals surface area contributed by atoms with E-state index in [0.29, 0.717) is 0 Å². The Hall–Kier alpha value is -0.460. The van der Waals surface area contributed by atoms with Crippen LogP contribution in [0.3, 0.4) is 0 Å². The molecule has 0 saturated carbocycles. The zero-order valence-corrected chi connectivity index (χ0v) is 10.1. The molecule has 0 amide bonds. The molecule has 0 fully saturated rings. The third kappa shape index (κ3) is 2.13. The number of halogens is 2. The van der Waals surface area contributed by atoms with E-state index in [4.69, 9.17) is 0 Å². The van der Waals surface area contributed by atoms with Gasteiger partial charge < -0.3 is 0 Å². The minimum Gasteiger partial charge on any atom is -0.207 e. The van der Waals surface area contributed by atoms with E-state index in [0.717, 1.165) is 10.4 Å². The Morgan fingerprint density at radius 1 is 1.36 bits per heavy atom. The first-order valence-electron chi connectivity index (χ1n) is 3.73. The lowest BCUT2D eigenvalue weighted by Crippen LogP contribution is -2.22. The first-order valence-corrected chi connectivity index (χ1v) is 5.96. The van der Waals surface area contributed by atoms with Gasteiger partial charge in [-0.25, -0.2) is 17.1 Å². The predicted octanol–water partition coefficient (Wildman–Crippen LogP) is 1.84. The molecule has 14 heavy (non-hydrogen) atoms. The number of rotatable bonds is 2. The molecule has 0 bridgehead atoms. The Balaban J connectivity index is 3.29. The molecule has 0 atom stereocenters. The van der Waals surface area contributed by atoms with E-state index in [1.165, 1.54) is 26.2 Å². The fourth-order valence-electron chi connectivity index (χ4n) is 0.848. The molecular weight excluding hydrogens is 273 g/mol. The number of hydrogen-bond acceptors (Lipinski definition) is 2. The van der Waals surface area contributed by atoms with Gasteiger partial charge in [0.15, 0.2) is 0 Å². The van der Waals surface area contributed by atoms with Crippen LogP contribution in [0.2, 0.25) is 0 Å². The summed E-state index contributed by atoms with van der Waals surface area (Å²) in [6.07, 6.45) is 0. The molecule has 0 aromatic heterocycles. The highest BCUT2D eigenvalue weighted by Gasteiger charge is 2.17. The van der Waals surface area contributed by atoms with E-state index in [1.54, 1.807) is 0 Å². The zero-order chi connectivity index (χ0) is 10.9. The highest BCUT2D eigenvalue weighted by atomic mass is 79.9. The predicted molar refractivity (Wildman–Crippen MR) is 55.0 cm³/mol. The van der Waals surface area contributed by atoms with Gasteiger partial charge in [0.25, 0.3) is 0 Å². The summed E-state index contributed by atoms with van der Waals surface area (Å²) in [5.41, 5.74) is 0. The maximum atomic E-state index is 12.8. The summed E-state index contributed by atoms with van der Waals surface area (Å²) >= 11 is 2.93. The average molecular weight is 282 g/mol. The molecule has 0 radical (unpaired) electrons. The lowest BCUT2D eigenvalue weighted by atomic mass is 10.3. The van der Waals surface area contributed by atoms with E-state index in [9.17, 15) is 12.8 Å². The summed E-state index contributed by atoms with van der Waals surface area (Å²) in [6, 6.07) is 3.58. The molecule has 1 aromatic carbocycles. The third-order valence-electron chi connectivity index (χ3n) is 1.67. The quantitative estimate of drug-likeness (QED) is 0.830. The van der Waals surface area contributed by atoms with Gasteiger partial charge in [0.05, 0.1) is 9.37 Å². The number of sulfonamides is 1. The highest BCUT2D eigenvalue weighted by Crippen LogP contribution is 2.21. The number of nitrogens with zero attached hydrogens (tertiary/aromatic N) is 1. The second kappa shape index (κ2) is 3.96. The van der Waals surface area contributed by atoms with E-state index in [1.807, 2.05) is 0 Å². The zero-order valence-electron chi connectivity index (χ0n) is 7.66. The Labute approximate surface area is 90.7 Å². The lowest BCUT2D eigenvalue weighted by molar-refractivity contribution is 0.520. The molecule has 78 valence electrons. The summed E-state index contributed by atoms with van der Waals surface area (Å²) in [6.45, 7) is 0. The topological polar surface area (TPSA) is 37.4 Å². The third-order valence-corrected chi connectivity index (χ3v) is 4.09. The van der Waals surface area contributed by atoms with Gasteiger partial charge in [0, 0.05) is 14.1 Å². The first-order chi connectivity index (χ1) is 6.35.